The molecule has 0 saturated carbocycles. The van der Waals surface area contributed by atoms with Crippen LogP contribution in [0.5, 0.6) is 0 Å². The van der Waals surface area contributed by atoms with Crippen LogP contribution in [-0.2, 0) is 21.7 Å². The Balaban J connectivity index is 0.000000305. The summed E-state index contributed by atoms with van der Waals surface area (Å²) in [5.41, 5.74) is 5.82. The first-order chi connectivity index (χ1) is 14.7. The summed E-state index contributed by atoms with van der Waals surface area (Å²) in [6.45, 7) is 2.15. The van der Waals surface area contributed by atoms with Gasteiger partial charge in [-0.25, -0.2) is 0 Å². The molecule has 0 heterocycles. The first-order valence-electron chi connectivity index (χ1n) is 10.3. The molecule has 0 bridgehead atoms. The van der Waals surface area contributed by atoms with Crippen LogP contribution in [0.3, 0.4) is 0 Å². The molecule has 1 aliphatic carbocycles. The number of aliphatic hydroxyl groups excluding tert-OH is 1. The van der Waals surface area contributed by atoms with Crippen LogP contribution >= 0.6 is 24.8 Å². The summed E-state index contributed by atoms with van der Waals surface area (Å²) < 4.78 is 0. The third kappa shape index (κ3) is 7.71. The minimum atomic E-state index is -0.516. The summed E-state index contributed by atoms with van der Waals surface area (Å²) in [6.07, 6.45) is 5.04. The molecule has 4 aromatic rings. The van der Waals surface area contributed by atoms with E-state index in [9.17, 15) is 5.11 Å². The van der Waals surface area contributed by atoms with Crippen LogP contribution < -0.4 is 0 Å². The number of hydrogen-bond donors (Lipinski definition) is 1. The fourth-order valence-corrected chi connectivity index (χ4v) is 3.62. The Kier molecular flexibility index (Phi) is 12.4. The standard InChI is InChI=1S/C16H13.C13H12O.2ClH.Ti/c1-12-6-7-15(10-12)16-9-8-13-4-2-3-5-14(13)11-16;14-13(11-7-3-1-4-8-11)12-9-5-2-6-10-12;;;/h2-6,8-10H,7H2,1H3;1-10,13-14H;2*1H;/q-1;;;;. The topological polar surface area (TPSA) is 20.2 Å². The van der Waals surface area contributed by atoms with Crippen molar-refractivity contribution in [2.45, 2.75) is 19.4 Å². The van der Waals surface area contributed by atoms with E-state index < -0.39 is 6.10 Å². The van der Waals surface area contributed by atoms with Crippen molar-refractivity contribution in [1.29, 1.82) is 0 Å². The van der Waals surface area contributed by atoms with Gasteiger partial charge >= 0.3 is 0 Å². The smallest absolute Gasteiger partial charge is 0.104 e. The van der Waals surface area contributed by atoms with Gasteiger partial charge in [0.2, 0.25) is 0 Å². The van der Waals surface area contributed by atoms with Crippen LogP contribution in [0.15, 0.2) is 115 Å². The maximum absolute atomic E-state index is 9.99. The SMILES string of the molecule is CC1=CCC(c2[c-]c3ccccc3cc2)=C1.Cl.Cl.OC(c1ccccc1)c1ccccc1.[Ti]. The van der Waals surface area contributed by atoms with E-state index in [1.54, 1.807) is 0 Å². The van der Waals surface area contributed by atoms with E-state index >= 15 is 0 Å². The van der Waals surface area contributed by atoms with Gasteiger partial charge in [-0.15, -0.1) is 65.6 Å². The van der Waals surface area contributed by atoms with Gasteiger partial charge in [0.15, 0.2) is 0 Å². The van der Waals surface area contributed by atoms with Gasteiger partial charge in [0, 0.05) is 21.7 Å². The molecule has 4 aromatic carbocycles. The molecule has 5 rings (SSSR count). The number of rotatable bonds is 3. The van der Waals surface area contributed by atoms with Crippen LogP contribution in [-0.4, -0.2) is 5.11 Å². The molecular weight excluding hydrogens is 483 g/mol. The van der Waals surface area contributed by atoms with E-state index in [0.29, 0.717) is 0 Å². The van der Waals surface area contributed by atoms with Crippen LogP contribution in [0, 0.1) is 6.07 Å². The van der Waals surface area contributed by atoms with E-state index in [4.69, 9.17) is 0 Å². The zero-order valence-corrected chi connectivity index (χ0v) is 21.6. The third-order valence-electron chi connectivity index (χ3n) is 5.28. The molecule has 1 N–H and O–H groups in total. The van der Waals surface area contributed by atoms with Gasteiger partial charge in [-0.05, 0) is 24.5 Å². The maximum Gasteiger partial charge on any atom is 0.104 e. The Labute approximate surface area is 224 Å². The van der Waals surface area contributed by atoms with Crippen molar-refractivity contribution in [1.82, 2.24) is 0 Å². The molecule has 0 aromatic heterocycles. The molecule has 0 fully saturated rings. The molecule has 1 aliphatic rings. The zero-order chi connectivity index (χ0) is 20.8. The molecule has 4 heteroatoms. The van der Waals surface area contributed by atoms with Crippen LogP contribution in [0.2, 0.25) is 0 Å². The Morgan fingerprint density at radius 2 is 1.27 bits per heavy atom. The van der Waals surface area contributed by atoms with Crippen LogP contribution in [0.1, 0.15) is 36.1 Å². The Morgan fingerprint density at radius 1 is 0.727 bits per heavy atom. The average molecular weight is 510 g/mol. The van der Waals surface area contributed by atoms with Gasteiger partial charge in [-0.3, -0.25) is 0 Å². The number of allylic oxidation sites excluding steroid dienone is 4. The summed E-state index contributed by atoms with van der Waals surface area (Å²) >= 11 is 0. The Hall–Kier alpha value is -2.13. The number of halogens is 2. The van der Waals surface area contributed by atoms with Gasteiger partial charge < -0.3 is 5.11 Å². The summed E-state index contributed by atoms with van der Waals surface area (Å²) in [5, 5.41) is 12.5. The minimum Gasteiger partial charge on any atom is -0.384 e. The van der Waals surface area contributed by atoms with Crippen molar-refractivity contribution in [2.75, 3.05) is 0 Å². The molecule has 0 spiro atoms. The third-order valence-corrected chi connectivity index (χ3v) is 5.28. The largest absolute Gasteiger partial charge is 0.384 e. The first-order valence-corrected chi connectivity index (χ1v) is 10.3. The van der Waals surface area contributed by atoms with Gasteiger partial charge in [0.1, 0.15) is 6.10 Å². The second-order valence-electron chi connectivity index (χ2n) is 7.51. The number of hydrogen-bond acceptors (Lipinski definition) is 1. The molecule has 0 aliphatic heterocycles. The van der Waals surface area contributed by atoms with Gasteiger partial charge in [-0.2, -0.15) is 0 Å². The minimum absolute atomic E-state index is 0. The molecule has 1 nitrogen and oxygen atoms in total. The quantitative estimate of drug-likeness (QED) is 0.219. The number of aliphatic hydroxyl groups is 1. The van der Waals surface area contributed by atoms with Crippen molar-refractivity contribution in [3.8, 4) is 0 Å². The summed E-state index contributed by atoms with van der Waals surface area (Å²) in [6, 6.07) is 35.5. The second-order valence-corrected chi connectivity index (χ2v) is 7.51. The van der Waals surface area contributed by atoms with E-state index in [0.717, 1.165) is 17.5 Å². The van der Waals surface area contributed by atoms with E-state index in [1.165, 1.54) is 27.5 Å². The van der Waals surface area contributed by atoms with E-state index in [1.807, 2.05) is 60.7 Å². The van der Waals surface area contributed by atoms with Crippen molar-refractivity contribution >= 4 is 41.2 Å². The van der Waals surface area contributed by atoms with Crippen LogP contribution in [0.25, 0.3) is 16.3 Å². The zero-order valence-electron chi connectivity index (χ0n) is 18.4. The molecule has 0 unspecified atom stereocenters. The fourth-order valence-electron chi connectivity index (χ4n) is 3.62. The molecular formula is C29H27Cl2OTi-. The predicted octanol–water partition coefficient (Wildman–Crippen LogP) is 7.98. The number of benzene rings is 4. The molecule has 33 heavy (non-hydrogen) atoms. The van der Waals surface area contributed by atoms with Crippen molar-refractivity contribution in [2.24, 2.45) is 0 Å². The summed E-state index contributed by atoms with van der Waals surface area (Å²) in [4.78, 5) is 0. The van der Waals surface area contributed by atoms with Crippen molar-refractivity contribution < 1.29 is 26.8 Å². The molecule has 0 saturated heterocycles. The predicted molar refractivity (Wildman–Crippen MR) is 141 cm³/mol. The van der Waals surface area contributed by atoms with Gasteiger partial charge in [0.05, 0.1) is 0 Å². The van der Waals surface area contributed by atoms with Crippen molar-refractivity contribution in [3.05, 3.63) is 138 Å². The summed E-state index contributed by atoms with van der Waals surface area (Å²) in [7, 11) is 0. The van der Waals surface area contributed by atoms with Crippen LogP contribution in [0.4, 0.5) is 0 Å². The summed E-state index contributed by atoms with van der Waals surface area (Å²) in [5.74, 6) is 0. The monoisotopic (exact) mass is 509 g/mol. The number of fused-ring (bicyclic) bond motifs is 1. The van der Waals surface area contributed by atoms with Crippen molar-refractivity contribution in [3.63, 3.8) is 0 Å². The molecule has 168 valence electrons. The molecule has 0 atom stereocenters. The maximum atomic E-state index is 9.99. The van der Waals surface area contributed by atoms with Gasteiger partial charge in [-0.1, -0.05) is 102 Å². The Morgan fingerprint density at radius 3 is 1.82 bits per heavy atom. The van der Waals surface area contributed by atoms with E-state index in [-0.39, 0.29) is 46.5 Å². The molecule has 0 amide bonds. The second kappa shape index (κ2) is 14.2. The molecule has 0 radical (unpaired) electrons. The Bertz CT molecular complexity index is 1150. The average Bonchev–Trinajstić information content (AvgIpc) is 3.26. The normalized spacial score (nSPS) is 11.7. The van der Waals surface area contributed by atoms with E-state index in [2.05, 4.69) is 61.5 Å². The first kappa shape index (κ1) is 28.9. The fraction of sp³-hybridized carbons (Fsp3) is 0.103. The van der Waals surface area contributed by atoms with Gasteiger partial charge in [0.25, 0.3) is 0 Å².